The molecular formula is C21H22F3N5O3. The van der Waals surface area contributed by atoms with Gasteiger partial charge in [-0.3, -0.25) is 14.5 Å². The van der Waals surface area contributed by atoms with Crippen LogP contribution in [0.3, 0.4) is 0 Å². The molecule has 0 aliphatic carbocycles. The van der Waals surface area contributed by atoms with Crippen LogP contribution in [0.5, 0.6) is 0 Å². The summed E-state index contributed by atoms with van der Waals surface area (Å²) in [7, 11) is 0. The summed E-state index contributed by atoms with van der Waals surface area (Å²) in [5.74, 6) is -1.08. The lowest BCUT2D eigenvalue weighted by Crippen LogP contribution is -2.45. The Balaban J connectivity index is 1.66. The molecule has 0 fully saturated rings. The van der Waals surface area contributed by atoms with Gasteiger partial charge < -0.3 is 20.6 Å². The number of fused-ring (bicyclic) bond motifs is 1. The number of imidazole rings is 1. The lowest BCUT2D eigenvalue weighted by molar-refractivity contribution is -0.137. The second-order valence-electron chi connectivity index (χ2n) is 7.16. The number of carbonyl (C=O) groups excluding carboxylic acids is 2. The van der Waals surface area contributed by atoms with E-state index in [2.05, 4.69) is 20.6 Å². The maximum atomic E-state index is 13.1. The molecule has 0 spiro atoms. The molecule has 0 bridgehead atoms. The first-order valence-corrected chi connectivity index (χ1v) is 9.81. The van der Waals surface area contributed by atoms with Crippen molar-refractivity contribution in [3.05, 3.63) is 58.5 Å². The van der Waals surface area contributed by atoms with Gasteiger partial charge in [-0.05, 0) is 43.8 Å². The van der Waals surface area contributed by atoms with Gasteiger partial charge in [0, 0.05) is 5.69 Å². The lowest BCUT2D eigenvalue weighted by Gasteiger charge is -2.26. The van der Waals surface area contributed by atoms with E-state index in [-0.39, 0.29) is 17.9 Å². The maximum Gasteiger partial charge on any atom is 0.418 e. The van der Waals surface area contributed by atoms with Gasteiger partial charge in [0.05, 0.1) is 34.9 Å². The number of alkyl halides is 3. The number of rotatable bonds is 7. The van der Waals surface area contributed by atoms with Gasteiger partial charge in [0.15, 0.2) is 0 Å². The van der Waals surface area contributed by atoms with Crippen LogP contribution >= 0.6 is 0 Å². The third-order valence-corrected chi connectivity index (χ3v) is 4.97. The Kier molecular flexibility index (Phi) is 6.68. The first-order valence-electron chi connectivity index (χ1n) is 9.81. The average molecular weight is 449 g/mol. The van der Waals surface area contributed by atoms with Crippen molar-refractivity contribution in [1.29, 1.82) is 0 Å². The van der Waals surface area contributed by atoms with E-state index in [1.54, 1.807) is 32.0 Å². The minimum atomic E-state index is -4.60. The van der Waals surface area contributed by atoms with Crippen LogP contribution in [0.25, 0.3) is 11.0 Å². The van der Waals surface area contributed by atoms with Crippen molar-refractivity contribution in [1.82, 2.24) is 14.9 Å². The smallest absolute Gasteiger partial charge is 0.325 e. The third kappa shape index (κ3) is 5.35. The Labute approximate surface area is 180 Å². The van der Waals surface area contributed by atoms with E-state index in [1.807, 2.05) is 0 Å². The summed E-state index contributed by atoms with van der Waals surface area (Å²) < 4.78 is 39.4. The van der Waals surface area contributed by atoms with Crippen molar-refractivity contribution < 1.29 is 22.8 Å². The number of hydrogen-bond donors (Lipinski definition) is 4. The van der Waals surface area contributed by atoms with E-state index in [0.717, 1.165) is 6.07 Å². The molecule has 1 unspecified atom stereocenters. The van der Waals surface area contributed by atoms with Gasteiger partial charge in [0.25, 0.3) is 0 Å². The predicted molar refractivity (Wildman–Crippen MR) is 114 cm³/mol. The zero-order chi connectivity index (χ0) is 23.5. The predicted octanol–water partition coefficient (Wildman–Crippen LogP) is 3.16. The van der Waals surface area contributed by atoms with E-state index in [4.69, 9.17) is 0 Å². The van der Waals surface area contributed by atoms with Crippen LogP contribution < -0.4 is 16.3 Å². The molecule has 1 aromatic heterocycles. The molecule has 0 aliphatic heterocycles. The Hall–Kier alpha value is -3.60. The Morgan fingerprint density at radius 3 is 2.44 bits per heavy atom. The van der Waals surface area contributed by atoms with Gasteiger partial charge in [0.1, 0.15) is 0 Å². The minimum Gasteiger partial charge on any atom is -0.325 e. The Morgan fingerprint density at radius 1 is 1.06 bits per heavy atom. The highest BCUT2D eigenvalue weighted by molar-refractivity contribution is 5.97. The number of halogens is 3. The second-order valence-corrected chi connectivity index (χ2v) is 7.16. The van der Waals surface area contributed by atoms with Crippen molar-refractivity contribution in [2.24, 2.45) is 0 Å². The van der Waals surface area contributed by atoms with Crippen molar-refractivity contribution in [3.63, 3.8) is 0 Å². The van der Waals surface area contributed by atoms with Gasteiger partial charge in [-0.1, -0.05) is 19.1 Å². The molecule has 0 saturated carbocycles. The zero-order valence-electron chi connectivity index (χ0n) is 17.3. The van der Waals surface area contributed by atoms with E-state index < -0.39 is 29.6 Å². The normalized spacial score (nSPS) is 12.7. The molecule has 2 aromatic carbocycles. The van der Waals surface area contributed by atoms with Crippen LogP contribution in [0.1, 0.15) is 19.4 Å². The van der Waals surface area contributed by atoms with Crippen LogP contribution in [0.15, 0.2) is 47.3 Å². The number of nitrogens with zero attached hydrogens (tertiary/aromatic N) is 1. The van der Waals surface area contributed by atoms with Crippen LogP contribution in [-0.2, 0) is 15.8 Å². The number of benzene rings is 2. The fraction of sp³-hybridized carbons (Fsp3) is 0.286. The molecule has 8 nitrogen and oxygen atoms in total. The lowest BCUT2D eigenvalue weighted by atomic mass is 10.1. The Morgan fingerprint density at radius 2 is 1.75 bits per heavy atom. The zero-order valence-corrected chi connectivity index (χ0v) is 17.3. The molecule has 0 saturated heterocycles. The van der Waals surface area contributed by atoms with Crippen LogP contribution in [-0.4, -0.2) is 45.8 Å². The average Bonchev–Trinajstić information content (AvgIpc) is 3.10. The SMILES string of the molecule is CCN(CC(=O)Nc1ccccc1C(F)(F)F)C(C)C(=O)Nc1ccc2[nH]c(=O)[nH]c2c1. The molecule has 1 heterocycles. The van der Waals surface area contributed by atoms with Crippen LogP contribution in [0.2, 0.25) is 0 Å². The molecule has 0 aliphatic rings. The highest BCUT2D eigenvalue weighted by atomic mass is 19.4. The van der Waals surface area contributed by atoms with E-state index in [1.165, 1.54) is 23.1 Å². The van der Waals surface area contributed by atoms with Crippen molar-refractivity contribution >= 4 is 34.2 Å². The number of amides is 2. The summed E-state index contributed by atoms with van der Waals surface area (Å²) in [5.41, 5.74) is -0.0915. The number of aromatic nitrogens is 2. The molecule has 3 aromatic rings. The van der Waals surface area contributed by atoms with Gasteiger partial charge in [0.2, 0.25) is 11.8 Å². The van der Waals surface area contributed by atoms with Gasteiger partial charge in [-0.2, -0.15) is 13.2 Å². The largest absolute Gasteiger partial charge is 0.418 e. The molecule has 32 heavy (non-hydrogen) atoms. The summed E-state index contributed by atoms with van der Waals surface area (Å²) in [6.45, 7) is 3.36. The number of nitrogens with one attached hydrogen (secondary N) is 4. The number of hydrogen-bond acceptors (Lipinski definition) is 4. The number of carbonyl (C=O) groups is 2. The second kappa shape index (κ2) is 9.27. The number of likely N-dealkylation sites (N-methyl/N-ethyl adjacent to an activating group) is 1. The van der Waals surface area contributed by atoms with Crippen LogP contribution in [0, 0.1) is 0 Å². The molecule has 3 rings (SSSR count). The molecule has 0 radical (unpaired) electrons. The van der Waals surface area contributed by atoms with Gasteiger partial charge >= 0.3 is 11.9 Å². The summed E-state index contributed by atoms with van der Waals surface area (Å²) in [6.07, 6.45) is -4.60. The highest BCUT2D eigenvalue weighted by Gasteiger charge is 2.33. The number of H-pyrrole nitrogens is 2. The fourth-order valence-corrected chi connectivity index (χ4v) is 3.26. The summed E-state index contributed by atoms with van der Waals surface area (Å²) in [5, 5.41) is 4.99. The standard InChI is InChI=1S/C21H22F3N5O3/c1-3-29(11-18(30)26-15-7-5-4-6-14(15)21(22,23)24)12(2)19(31)25-13-8-9-16-17(10-13)28-20(32)27-16/h4-10,12H,3,11H2,1-2H3,(H,25,31)(H,26,30)(H2,27,28,32). The van der Waals surface area contributed by atoms with Gasteiger partial charge in [-0.15, -0.1) is 0 Å². The van der Waals surface area contributed by atoms with Crippen molar-refractivity contribution in [2.45, 2.75) is 26.1 Å². The highest BCUT2D eigenvalue weighted by Crippen LogP contribution is 2.34. The van der Waals surface area contributed by atoms with E-state index in [9.17, 15) is 27.6 Å². The molecular weight excluding hydrogens is 427 g/mol. The molecule has 11 heteroatoms. The quantitative estimate of drug-likeness (QED) is 0.444. The molecule has 2 amide bonds. The van der Waals surface area contributed by atoms with E-state index >= 15 is 0 Å². The fourth-order valence-electron chi connectivity index (χ4n) is 3.26. The summed E-state index contributed by atoms with van der Waals surface area (Å²) in [4.78, 5) is 43.2. The minimum absolute atomic E-state index is 0.276. The molecule has 4 N–H and O–H groups in total. The topological polar surface area (TPSA) is 110 Å². The third-order valence-electron chi connectivity index (χ3n) is 4.97. The monoisotopic (exact) mass is 449 g/mol. The molecule has 170 valence electrons. The summed E-state index contributed by atoms with van der Waals surface area (Å²) in [6, 6.07) is 8.80. The number of para-hydroxylation sites is 1. The maximum absolute atomic E-state index is 13.1. The van der Waals surface area contributed by atoms with Crippen molar-refractivity contribution in [3.8, 4) is 0 Å². The first kappa shape index (κ1) is 23.1. The van der Waals surface area contributed by atoms with Crippen LogP contribution in [0.4, 0.5) is 24.5 Å². The Bertz CT molecular complexity index is 1190. The molecule has 1 atom stereocenters. The first-order chi connectivity index (χ1) is 15.1. The van der Waals surface area contributed by atoms with Gasteiger partial charge in [-0.25, -0.2) is 4.79 Å². The number of anilines is 2. The van der Waals surface area contributed by atoms with Crippen molar-refractivity contribution in [2.75, 3.05) is 23.7 Å². The summed E-state index contributed by atoms with van der Waals surface area (Å²) >= 11 is 0. The number of aromatic amines is 2. The van der Waals surface area contributed by atoms with E-state index in [0.29, 0.717) is 23.3 Å².